The lowest BCUT2D eigenvalue weighted by molar-refractivity contribution is 0.0673. The lowest BCUT2D eigenvalue weighted by atomic mass is 10.0. The van der Waals surface area contributed by atoms with Crippen LogP contribution in [0.4, 0.5) is 9.59 Å². The molecule has 0 saturated heterocycles. The molecule has 200 valence electrons. The summed E-state index contributed by atoms with van der Waals surface area (Å²) < 4.78 is 27.6. The van der Waals surface area contributed by atoms with Crippen molar-refractivity contribution in [2.45, 2.75) is 32.5 Å². The Kier molecular flexibility index (Phi) is 8.94. The average Bonchev–Trinajstić information content (AvgIpc) is 3.54. The monoisotopic (exact) mass is 522 g/mol. The van der Waals surface area contributed by atoms with Crippen LogP contribution in [0.25, 0.3) is 11.3 Å². The van der Waals surface area contributed by atoms with E-state index in [1.165, 1.54) is 0 Å². The number of hydrogen-bond acceptors (Lipinski definition) is 9. The van der Waals surface area contributed by atoms with E-state index in [4.69, 9.17) is 28.5 Å². The molecule has 0 radical (unpaired) electrons. The van der Waals surface area contributed by atoms with Gasteiger partial charge in [0, 0.05) is 12.7 Å². The summed E-state index contributed by atoms with van der Waals surface area (Å²) in [5.74, 6) is 0.522. The highest BCUT2D eigenvalue weighted by Gasteiger charge is 2.37. The van der Waals surface area contributed by atoms with E-state index < -0.39 is 18.3 Å². The normalized spacial score (nSPS) is 16.3. The molecule has 1 aliphatic heterocycles. The zero-order valence-electron chi connectivity index (χ0n) is 21.5. The van der Waals surface area contributed by atoms with Gasteiger partial charge >= 0.3 is 12.2 Å². The lowest BCUT2D eigenvalue weighted by Crippen LogP contribution is -2.46. The van der Waals surface area contributed by atoms with Crippen LogP contribution < -0.4 is 5.43 Å². The Morgan fingerprint density at radius 1 is 1.00 bits per heavy atom. The number of ether oxygens (including phenoxy) is 4. The molecular weight excluding hydrogens is 492 g/mol. The van der Waals surface area contributed by atoms with Crippen LogP contribution in [-0.4, -0.2) is 61.2 Å². The van der Waals surface area contributed by atoms with Crippen LogP contribution >= 0.6 is 0 Å². The number of rotatable bonds is 9. The number of methoxy groups -OCH3 is 1. The molecule has 38 heavy (non-hydrogen) atoms. The van der Waals surface area contributed by atoms with E-state index >= 15 is 0 Å². The summed E-state index contributed by atoms with van der Waals surface area (Å²) in [5.41, 5.74) is 5.02. The Hall–Kier alpha value is -4.38. The number of hydrogen-bond donors (Lipinski definition) is 1. The molecule has 0 saturated carbocycles. The first-order chi connectivity index (χ1) is 18.5. The van der Waals surface area contributed by atoms with Gasteiger partial charge in [-0.1, -0.05) is 65.8 Å². The van der Waals surface area contributed by atoms with E-state index in [1.807, 2.05) is 60.7 Å². The molecule has 0 bridgehead atoms. The van der Waals surface area contributed by atoms with E-state index in [1.54, 1.807) is 21.0 Å². The van der Waals surface area contributed by atoms with Crippen molar-refractivity contribution in [2.24, 2.45) is 4.99 Å². The molecule has 2 atom stereocenters. The van der Waals surface area contributed by atoms with Gasteiger partial charge in [-0.15, -0.1) is 0 Å². The molecule has 4 rings (SSSR count). The van der Waals surface area contributed by atoms with Crippen LogP contribution in [0.2, 0.25) is 0 Å². The van der Waals surface area contributed by atoms with Crippen molar-refractivity contribution < 1.29 is 33.1 Å². The summed E-state index contributed by atoms with van der Waals surface area (Å²) in [4.78, 5) is 29.6. The Morgan fingerprint density at radius 3 is 2.34 bits per heavy atom. The standard InChI is InChI=1S/C27H30N4O7/c1-4-35-26(32)29-31(27(33)36-5-2)16-21-22(23(30-38-21)18-12-8-6-9-13-18)25-28-20(17-34-3)24(37-25)19-14-10-7-11-15-19/h6-15,20,24H,4-5,16-17H2,1-3H3,(H,29,32). The first-order valence-corrected chi connectivity index (χ1v) is 12.3. The van der Waals surface area contributed by atoms with E-state index in [0.29, 0.717) is 17.9 Å². The van der Waals surface area contributed by atoms with Gasteiger partial charge in [0.2, 0.25) is 5.90 Å². The highest BCUT2D eigenvalue weighted by molar-refractivity contribution is 6.02. The van der Waals surface area contributed by atoms with Gasteiger partial charge in [0.1, 0.15) is 23.8 Å². The largest absolute Gasteiger partial charge is 0.467 e. The number of carbonyl (C=O) groups excluding carboxylic acids is 2. The predicted molar refractivity (Wildman–Crippen MR) is 137 cm³/mol. The zero-order valence-corrected chi connectivity index (χ0v) is 21.5. The third kappa shape index (κ3) is 6.12. The summed E-state index contributed by atoms with van der Waals surface area (Å²) in [7, 11) is 1.61. The van der Waals surface area contributed by atoms with Crippen LogP contribution in [0.3, 0.4) is 0 Å². The first kappa shape index (κ1) is 26.7. The highest BCUT2D eigenvalue weighted by atomic mass is 16.6. The molecule has 11 heteroatoms. The van der Waals surface area contributed by atoms with Crippen LogP contribution in [0.5, 0.6) is 0 Å². The Morgan fingerprint density at radius 2 is 1.68 bits per heavy atom. The number of aromatic nitrogens is 1. The molecule has 2 unspecified atom stereocenters. The Balaban J connectivity index is 1.74. The van der Waals surface area contributed by atoms with Crippen molar-refractivity contribution in [2.75, 3.05) is 26.9 Å². The molecule has 11 nitrogen and oxygen atoms in total. The molecule has 0 spiro atoms. The number of nitrogens with zero attached hydrogens (tertiary/aromatic N) is 3. The van der Waals surface area contributed by atoms with Gasteiger partial charge < -0.3 is 23.5 Å². The second kappa shape index (κ2) is 12.7. The number of aliphatic imine (C=N–C) groups is 1. The SMILES string of the molecule is CCOC(=O)NN(Cc1onc(-c2ccccc2)c1C1=NC(COC)C(c2ccccc2)O1)C(=O)OCC. The maximum absolute atomic E-state index is 12.7. The summed E-state index contributed by atoms with van der Waals surface area (Å²) in [6.45, 7) is 3.65. The van der Waals surface area contributed by atoms with Crippen molar-refractivity contribution in [3.05, 3.63) is 77.6 Å². The molecule has 0 aliphatic carbocycles. The lowest BCUT2D eigenvalue weighted by Gasteiger charge is -2.21. The third-order valence-corrected chi connectivity index (χ3v) is 5.65. The van der Waals surface area contributed by atoms with Gasteiger partial charge in [-0.3, -0.25) is 0 Å². The van der Waals surface area contributed by atoms with Crippen LogP contribution in [0.15, 0.2) is 70.2 Å². The van der Waals surface area contributed by atoms with Gasteiger partial charge in [-0.25, -0.2) is 25.0 Å². The summed E-state index contributed by atoms with van der Waals surface area (Å²) in [6.07, 6.45) is -2.02. The highest BCUT2D eigenvalue weighted by Crippen LogP contribution is 2.35. The minimum atomic E-state index is -0.816. The van der Waals surface area contributed by atoms with E-state index in [2.05, 4.69) is 10.6 Å². The topological polar surface area (TPSA) is 125 Å². The Labute approximate surface area is 220 Å². The fourth-order valence-electron chi connectivity index (χ4n) is 4.01. The van der Waals surface area contributed by atoms with E-state index in [-0.39, 0.29) is 37.5 Å². The fraction of sp³-hybridized carbons (Fsp3) is 0.333. The fourth-order valence-corrected chi connectivity index (χ4v) is 4.01. The first-order valence-electron chi connectivity index (χ1n) is 12.3. The Bertz CT molecular complexity index is 1250. The maximum atomic E-state index is 12.7. The van der Waals surface area contributed by atoms with Crippen molar-refractivity contribution in [1.29, 1.82) is 0 Å². The second-order valence-corrected chi connectivity index (χ2v) is 8.22. The summed E-state index contributed by atoms with van der Waals surface area (Å²) in [6, 6.07) is 18.8. The molecule has 2 aromatic carbocycles. The molecule has 2 amide bonds. The molecule has 2 heterocycles. The number of hydrazine groups is 1. The van der Waals surface area contributed by atoms with Crippen LogP contribution in [0, 0.1) is 0 Å². The molecule has 1 aromatic heterocycles. The van der Waals surface area contributed by atoms with Crippen LogP contribution in [0.1, 0.15) is 36.8 Å². The molecule has 1 N–H and O–H groups in total. The zero-order chi connectivity index (χ0) is 26.9. The van der Waals surface area contributed by atoms with Crippen molar-refractivity contribution in [3.8, 4) is 11.3 Å². The van der Waals surface area contributed by atoms with Crippen molar-refractivity contribution >= 4 is 18.1 Å². The quantitative estimate of drug-likeness (QED) is 0.408. The van der Waals surface area contributed by atoms with E-state index in [0.717, 1.165) is 16.1 Å². The molecular formula is C27H30N4O7. The average molecular weight is 523 g/mol. The summed E-state index contributed by atoms with van der Waals surface area (Å²) >= 11 is 0. The van der Waals surface area contributed by atoms with Gasteiger partial charge in [-0.2, -0.15) is 0 Å². The minimum Gasteiger partial charge on any atom is -0.467 e. The van der Waals surface area contributed by atoms with Gasteiger partial charge in [0.15, 0.2) is 11.9 Å². The minimum absolute atomic E-state index is 0.103. The van der Waals surface area contributed by atoms with Crippen molar-refractivity contribution in [3.63, 3.8) is 0 Å². The maximum Gasteiger partial charge on any atom is 0.429 e. The van der Waals surface area contributed by atoms with E-state index in [9.17, 15) is 9.59 Å². The van der Waals surface area contributed by atoms with Crippen molar-refractivity contribution in [1.82, 2.24) is 15.6 Å². The summed E-state index contributed by atoms with van der Waals surface area (Å²) in [5, 5.41) is 5.24. The number of nitrogens with one attached hydrogen (secondary N) is 1. The van der Waals surface area contributed by atoms with Gasteiger partial charge in [-0.05, 0) is 19.4 Å². The second-order valence-electron chi connectivity index (χ2n) is 8.22. The number of benzene rings is 2. The van der Waals surface area contributed by atoms with Gasteiger partial charge in [0.05, 0.1) is 19.8 Å². The van der Waals surface area contributed by atoms with Crippen LogP contribution in [-0.2, 0) is 25.5 Å². The number of carbonyl (C=O) groups is 2. The third-order valence-electron chi connectivity index (χ3n) is 5.65. The molecule has 3 aromatic rings. The molecule has 1 aliphatic rings. The number of amides is 2. The smallest absolute Gasteiger partial charge is 0.429 e. The molecule has 0 fully saturated rings. The predicted octanol–water partition coefficient (Wildman–Crippen LogP) is 4.49. The van der Waals surface area contributed by atoms with Gasteiger partial charge in [0.25, 0.3) is 0 Å².